The molecule has 4 nitrogen and oxygen atoms in total. The lowest BCUT2D eigenvalue weighted by Crippen LogP contribution is -2.15. The molecule has 0 radical (unpaired) electrons. The Balaban J connectivity index is 2.53. The van der Waals surface area contributed by atoms with Crippen LogP contribution in [-0.4, -0.2) is 23.7 Å². The van der Waals surface area contributed by atoms with E-state index in [0.717, 1.165) is 12.8 Å². The van der Waals surface area contributed by atoms with Gasteiger partial charge in [-0.05, 0) is 31.4 Å². The number of allylic oxidation sites excluding steroid dienone is 3. The molecule has 0 fully saturated rings. The molecule has 1 aromatic carbocycles. The van der Waals surface area contributed by atoms with E-state index in [-0.39, 0.29) is 12.2 Å². The zero-order valence-corrected chi connectivity index (χ0v) is 11.4. The van der Waals surface area contributed by atoms with Crippen LogP contribution in [0.4, 0.5) is 0 Å². The van der Waals surface area contributed by atoms with Crippen molar-refractivity contribution in [1.29, 1.82) is 0 Å². The first-order valence-corrected chi connectivity index (χ1v) is 6.46. The fraction of sp³-hybridized carbons (Fsp3) is 0.250. The summed E-state index contributed by atoms with van der Waals surface area (Å²) in [6, 6.07) is 9.97. The highest BCUT2D eigenvalue weighted by Gasteiger charge is 2.17. The van der Waals surface area contributed by atoms with Crippen LogP contribution in [0, 0.1) is 0 Å². The van der Waals surface area contributed by atoms with Gasteiger partial charge in [0.25, 0.3) is 0 Å². The van der Waals surface area contributed by atoms with Crippen LogP contribution in [0.2, 0.25) is 0 Å². The first-order chi connectivity index (χ1) is 9.65. The first kappa shape index (κ1) is 15.7. The second kappa shape index (κ2) is 8.69. The van der Waals surface area contributed by atoms with Gasteiger partial charge in [0, 0.05) is 0 Å². The number of carboxylic acids is 1. The van der Waals surface area contributed by atoms with Crippen molar-refractivity contribution in [3.63, 3.8) is 0 Å². The molecule has 0 aromatic heterocycles. The Labute approximate surface area is 118 Å². The van der Waals surface area contributed by atoms with Crippen molar-refractivity contribution >= 4 is 11.9 Å². The van der Waals surface area contributed by atoms with Crippen LogP contribution < -0.4 is 0 Å². The molecule has 0 aliphatic heterocycles. The molecule has 1 N–H and O–H groups in total. The molecule has 0 bridgehead atoms. The number of ether oxygens (including phenoxy) is 1. The van der Waals surface area contributed by atoms with E-state index < -0.39 is 11.9 Å². The minimum absolute atomic E-state index is 0.154. The van der Waals surface area contributed by atoms with Gasteiger partial charge in [-0.25, -0.2) is 9.59 Å². The van der Waals surface area contributed by atoms with Crippen molar-refractivity contribution in [1.82, 2.24) is 0 Å². The number of benzene rings is 1. The lowest BCUT2D eigenvalue weighted by Gasteiger charge is -2.00. The summed E-state index contributed by atoms with van der Waals surface area (Å²) in [5.74, 6) is -2.09. The molecule has 0 atom stereocenters. The van der Waals surface area contributed by atoms with E-state index in [9.17, 15) is 9.59 Å². The van der Waals surface area contributed by atoms with Crippen LogP contribution in [0.3, 0.4) is 0 Å². The molecule has 1 rings (SSSR count). The molecule has 1 aromatic rings. The Bertz CT molecular complexity index is 500. The van der Waals surface area contributed by atoms with Crippen LogP contribution in [0.25, 0.3) is 0 Å². The van der Waals surface area contributed by atoms with Gasteiger partial charge in [-0.1, -0.05) is 42.5 Å². The maximum atomic E-state index is 11.4. The van der Waals surface area contributed by atoms with Crippen molar-refractivity contribution in [2.24, 2.45) is 0 Å². The lowest BCUT2D eigenvalue weighted by atomic mass is 10.1. The summed E-state index contributed by atoms with van der Waals surface area (Å²) in [7, 11) is 0. The van der Waals surface area contributed by atoms with Gasteiger partial charge in [0.15, 0.2) is 0 Å². The minimum atomic E-state index is -1.28. The molecule has 106 valence electrons. The number of hydrogen-bond acceptors (Lipinski definition) is 3. The summed E-state index contributed by atoms with van der Waals surface area (Å²) in [4.78, 5) is 22.3. The number of carboxylic acid groups (broad SMARTS) is 1. The first-order valence-electron chi connectivity index (χ1n) is 6.46. The fourth-order valence-corrected chi connectivity index (χ4v) is 1.59. The Morgan fingerprint density at radius 3 is 2.55 bits per heavy atom. The van der Waals surface area contributed by atoms with E-state index in [1.54, 1.807) is 13.0 Å². The number of hydrogen-bond donors (Lipinski definition) is 1. The van der Waals surface area contributed by atoms with Gasteiger partial charge in [0.2, 0.25) is 0 Å². The molecule has 0 heterocycles. The Kier molecular flexibility index (Phi) is 6.82. The summed E-state index contributed by atoms with van der Waals surface area (Å²) in [5.41, 5.74) is 0.854. The molecular weight excluding hydrogens is 256 g/mol. The SMILES string of the molecule is CCOC(=O)/C(=C/C=C/CCc1ccccc1)C(=O)O. The molecule has 0 spiro atoms. The van der Waals surface area contributed by atoms with Gasteiger partial charge in [-0.15, -0.1) is 0 Å². The van der Waals surface area contributed by atoms with Gasteiger partial charge < -0.3 is 9.84 Å². The highest BCUT2D eigenvalue weighted by molar-refractivity contribution is 6.13. The van der Waals surface area contributed by atoms with Gasteiger partial charge in [-0.2, -0.15) is 0 Å². The van der Waals surface area contributed by atoms with E-state index >= 15 is 0 Å². The van der Waals surface area contributed by atoms with E-state index in [1.807, 2.05) is 36.4 Å². The van der Waals surface area contributed by atoms with Crippen LogP contribution in [0.15, 0.2) is 54.1 Å². The van der Waals surface area contributed by atoms with E-state index in [4.69, 9.17) is 5.11 Å². The molecule has 0 aliphatic rings. The van der Waals surface area contributed by atoms with Crippen molar-refractivity contribution < 1.29 is 19.4 Å². The predicted molar refractivity (Wildman–Crippen MR) is 76.3 cm³/mol. The zero-order chi connectivity index (χ0) is 14.8. The fourth-order valence-electron chi connectivity index (χ4n) is 1.59. The predicted octanol–water partition coefficient (Wildman–Crippen LogP) is 2.75. The third kappa shape index (κ3) is 5.52. The summed E-state index contributed by atoms with van der Waals surface area (Å²) in [6.45, 7) is 1.79. The molecule has 0 unspecified atom stereocenters. The van der Waals surface area contributed by atoms with Gasteiger partial charge in [0.1, 0.15) is 5.57 Å². The maximum absolute atomic E-state index is 11.4. The lowest BCUT2D eigenvalue weighted by molar-refractivity contribution is -0.143. The number of rotatable bonds is 7. The molecule has 0 saturated heterocycles. The smallest absolute Gasteiger partial charge is 0.345 e. The molecule has 0 aliphatic carbocycles. The maximum Gasteiger partial charge on any atom is 0.345 e. The standard InChI is InChI=1S/C16H18O4/c1-2-20-16(19)14(15(17)18)12-8-4-7-11-13-9-5-3-6-10-13/h3-6,8-10,12H,2,7,11H2,1H3,(H,17,18)/b8-4+,14-12+. The second-order valence-electron chi connectivity index (χ2n) is 4.06. The number of carbonyl (C=O) groups excluding carboxylic acids is 1. The number of esters is 1. The van der Waals surface area contributed by atoms with Crippen molar-refractivity contribution in [2.75, 3.05) is 6.61 Å². The van der Waals surface area contributed by atoms with E-state index in [0.29, 0.717) is 0 Å². The molecule has 0 saturated carbocycles. The second-order valence-corrected chi connectivity index (χ2v) is 4.06. The number of aliphatic carboxylic acids is 1. The summed E-state index contributed by atoms with van der Waals surface area (Å²) in [5, 5.41) is 8.90. The molecule has 4 heteroatoms. The van der Waals surface area contributed by atoms with Crippen molar-refractivity contribution in [2.45, 2.75) is 19.8 Å². The molecule has 0 amide bonds. The van der Waals surface area contributed by atoms with Crippen LogP contribution in [-0.2, 0) is 20.7 Å². The third-order valence-corrected chi connectivity index (χ3v) is 2.57. The molecular formula is C16H18O4. The van der Waals surface area contributed by atoms with Gasteiger partial charge in [-0.3, -0.25) is 0 Å². The topological polar surface area (TPSA) is 63.6 Å². The van der Waals surface area contributed by atoms with Crippen LogP contribution >= 0.6 is 0 Å². The van der Waals surface area contributed by atoms with Crippen LogP contribution in [0.1, 0.15) is 18.9 Å². The summed E-state index contributed by atoms with van der Waals surface area (Å²) in [6.07, 6.45) is 6.31. The van der Waals surface area contributed by atoms with Gasteiger partial charge in [0.05, 0.1) is 6.61 Å². The largest absolute Gasteiger partial charge is 0.477 e. The molecule has 20 heavy (non-hydrogen) atoms. The number of aryl methyl sites for hydroxylation is 1. The van der Waals surface area contributed by atoms with E-state index in [1.165, 1.54) is 11.6 Å². The normalized spacial score (nSPS) is 11.6. The average molecular weight is 274 g/mol. The zero-order valence-electron chi connectivity index (χ0n) is 11.4. The highest BCUT2D eigenvalue weighted by atomic mass is 16.5. The summed E-state index contributed by atoms with van der Waals surface area (Å²) >= 11 is 0. The third-order valence-electron chi connectivity index (χ3n) is 2.57. The highest BCUT2D eigenvalue weighted by Crippen LogP contribution is 2.04. The summed E-state index contributed by atoms with van der Waals surface area (Å²) < 4.78 is 4.67. The van der Waals surface area contributed by atoms with E-state index in [2.05, 4.69) is 4.74 Å². The average Bonchev–Trinajstić information content (AvgIpc) is 2.43. The van der Waals surface area contributed by atoms with Crippen LogP contribution in [0.5, 0.6) is 0 Å². The minimum Gasteiger partial charge on any atom is -0.477 e. The van der Waals surface area contributed by atoms with Gasteiger partial charge >= 0.3 is 11.9 Å². The monoisotopic (exact) mass is 274 g/mol. The van der Waals surface area contributed by atoms with Crippen molar-refractivity contribution in [3.8, 4) is 0 Å². The quantitative estimate of drug-likeness (QED) is 0.273. The number of carbonyl (C=O) groups is 2. The Morgan fingerprint density at radius 1 is 1.25 bits per heavy atom. The Morgan fingerprint density at radius 2 is 1.95 bits per heavy atom. The van der Waals surface area contributed by atoms with Crippen molar-refractivity contribution in [3.05, 3.63) is 59.7 Å². The Hall–Kier alpha value is -2.36.